The van der Waals surface area contributed by atoms with E-state index in [4.69, 9.17) is 5.11 Å². The molecule has 0 radical (unpaired) electrons. The van der Waals surface area contributed by atoms with Gasteiger partial charge in [-0.2, -0.15) is 0 Å². The Bertz CT molecular complexity index is 505. The van der Waals surface area contributed by atoms with Gasteiger partial charge in [0.2, 0.25) is 0 Å². The fourth-order valence-corrected chi connectivity index (χ4v) is 2.06. The number of nitrogens with zero attached hydrogens (tertiary/aromatic N) is 1. The highest BCUT2D eigenvalue weighted by Crippen LogP contribution is 2.36. The van der Waals surface area contributed by atoms with Crippen molar-refractivity contribution in [3.8, 4) is 0 Å². The highest BCUT2D eigenvalue weighted by atomic mass is 32.1. The van der Waals surface area contributed by atoms with Gasteiger partial charge in [0.1, 0.15) is 5.54 Å². The third-order valence-electron chi connectivity index (χ3n) is 2.51. The fraction of sp³-hybridized carbons (Fsp3) is 0.333. The Morgan fingerprint density at radius 2 is 2.12 bits per heavy atom. The van der Waals surface area contributed by atoms with E-state index in [1.54, 1.807) is 0 Å². The summed E-state index contributed by atoms with van der Waals surface area (Å²) in [5, 5.41) is 21.5. The molecule has 0 atom stereocenters. The first kappa shape index (κ1) is 11.5. The predicted molar refractivity (Wildman–Crippen MR) is 58.0 cm³/mol. The van der Waals surface area contributed by atoms with Gasteiger partial charge in [0.15, 0.2) is 0 Å². The SMILES string of the molecule is O=C(NC1(C(=O)O)CC1)c1ccc([N+](=O)[O-])s1. The van der Waals surface area contributed by atoms with Gasteiger partial charge in [-0.15, -0.1) is 0 Å². The minimum Gasteiger partial charge on any atom is -0.480 e. The molecule has 0 aliphatic heterocycles. The minimum atomic E-state index is -1.17. The monoisotopic (exact) mass is 256 g/mol. The number of carbonyl (C=O) groups is 2. The lowest BCUT2D eigenvalue weighted by atomic mass is 10.2. The van der Waals surface area contributed by atoms with Crippen LogP contribution in [0.1, 0.15) is 22.5 Å². The molecule has 2 rings (SSSR count). The van der Waals surface area contributed by atoms with E-state index in [0.717, 1.165) is 11.3 Å². The maximum absolute atomic E-state index is 11.7. The van der Waals surface area contributed by atoms with E-state index in [1.165, 1.54) is 12.1 Å². The number of hydrogen-bond donors (Lipinski definition) is 2. The molecule has 1 aliphatic carbocycles. The van der Waals surface area contributed by atoms with Crippen LogP contribution in [0.2, 0.25) is 0 Å². The van der Waals surface area contributed by atoms with Crippen LogP contribution in [0.3, 0.4) is 0 Å². The van der Waals surface area contributed by atoms with Crippen molar-refractivity contribution in [2.45, 2.75) is 18.4 Å². The maximum atomic E-state index is 11.7. The molecule has 17 heavy (non-hydrogen) atoms. The van der Waals surface area contributed by atoms with Gasteiger partial charge in [0, 0.05) is 6.07 Å². The van der Waals surface area contributed by atoms with E-state index in [9.17, 15) is 19.7 Å². The van der Waals surface area contributed by atoms with E-state index >= 15 is 0 Å². The molecule has 1 aliphatic rings. The lowest BCUT2D eigenvalue weighted by Gasteiger charge is -2.10. The summed E-state index contributed by atoms with van der Waals surface area (Å²) < 4.78 is 0. The molecule has 1 aromatic rings. The Kier molecular flexibility index (Phi) is 2.58. The van der Waals surface area contributed by atoms with Crippen molar-refractivity contribution in [2.24, 2.45) is 0 Å². The molecule has 1 amide bonds. The van der Waals surface area contributed by atoms with Crippen LogP contribution in [0.25, 0.3) is 0 Å². The van der Waals surface area contributed by atoms with Crippen LogP contribution in [0.4, 0.5) is 5.00 Å². The van der Waals surface area contributed by atoms with Crippen LogP contribution in [0, 0.1) is 10.1 Å². The Labute approximate surface area is 99.2 Å². The van der Waals surface area contributed by atoms with Crippen molar-refractivity contribution in [3.63, 3.8) is 0 Å². The van der Waals surface area contributed by atoms with Gasteiger partial charge >= 0.3 is 11.0 Å². The van der Waals surface area contributed by atoms with Gasteiger partial charge in [-0.25, -0.2) is 4.79 Å². The van der Waals surface area contributed by atoms with E-state index in [1.807, 2.05) is 0 Å². The number of thiophene rings is 1. The molecule has 0 spiro atoms. The summed E-state index contributed by atoms with van der Waals surface area (Å²) in [5.74, 6) is -1.65. The number of aliphatic carboxylic acids is 1. The van der Waals surface area contributed by atoms with Crippen LogP contribution in [-0.2, 0) is 4.79 Å². The Morgan fingerprint density at radius 3 is 2.53 bits per heavy atom. The highest BCUT2D eigenvalue weighted by Gasteiger charge is 2.51. The van der Waals surface area contributed by atoms with Crippen molar-refractivity contribution in [2.75, 3.05) is 0 Å². The zero-order chi connectivity index (χ0) is 12.6. The second-order valence-electron chi connectivity index (χ2n) is 3.74. The third kappa shape index (κ3) is 2.11. The molecule has 1 aromatic heterocycles. The van der Waals surface area contributed by atoms with Crippen molar-refractivity contribution >= 4 is 28.2 Å². The van der Waals surface area contributed by atoms with Gasteiger partial charge < -0.3 is 10.4 Å². The summed E-state index contributed by atoms with van der Waals surface area (Å²) in [7, 11) is 0. The number of nitro groups is 1. The summed E-state index contributed by atoms with van der Waals surface area (Å²) >= 11 is 0.725. The van der Waals surface area contributed by atoms with Gasteiger partial charge in [-0.1, -0.05) is 11.3 Å². The lowest BCUT2D eigenvalue weighted by molar-refractivity contribution is -0.380. The zero-order valence-corrected chi connectivity index (χ0v) is 9.32. The van der Waals surface area contributed by atoms with Crippen molar-refractivity contribution in [1.29, 1.82) is 0 Å². The van der Waals surface area contributed by atoms with Gasteiger partial charge in [0.05, 0.1) is 9.80 Å². The second-order valence-corrected chi connectivity index (χ2v) is 4.80. The molecule has 90 valence electrons. The fourth-order valence-electron chi connectivity index (χ4n) is 1.34. The number of carboxylic acid groups (broad SMARTS) is 1. The smallest absolute Gasteiger partial charge is 0.329 e. The van der Waals surface area contributed by atoms with Crippen molar-refractivity contribution in [1.82, 2.24) is 5.32 Å². The molecule has 8 heteroatoms. The van der Waals surface area contributed by atoms with Crippen LogP contribution < -0.4 is 5.32 Å². The number of hydrogen-bond acceptors (Lipinski definition) is 5. The topological polar surface area (TPSA) is 110 Å². The number of amides is 1. The molecule has 0 unspecified atom stereocenters. The number of nitrogens with one attached hydrogen (secondary N) is 1. The molecule has 2 N–H and O–H groups in total. The molecule has 0 bridgehead atoms. The Balaban J connectivity index is 2.10. The Hall–Kier alpha value is -1.96. The lowest BCUT2D eigenvalue weighted by Crippen LogP contribution is -2.42. The first-order valence-electron chi connectivity index (χ1n) is 4.75. The summed E-state index contributed by atoms with van der Waals surface area (Å²) in [5.41, 5.74) is -1.17. The van der Waals surface area contributed by atoms with Gasteiger partial charge in [-0.05, 0) is 18.9 Å². The highest BCUT2D eigenvalue weighted by molar-refractivity contribution is 7.17. The number of carbonyl (C=O) groups excluding carboxylic acids is 1. The number of carboxylic acids is 1. The average molecular weight is 256 g/mol. The van der Waals surface area contributed by atoms with Crippen LogP contribution in [0.5, 0.6) is 0 Å². The maximum Gasteiger partial charge on any atom is 0.329 e. The average Bonchev–Trinajstić information content (AvgIpc) is 2.87. The zero-order valence-electron chi connectivity index (χ0n) is 8.50. The first-order chi connectivity index (χ1) is 7.94. The minimum absolute atomic E-state index is 0.143. The van der Waals surface area contributed by atoms with Crippen LogP contribution in [-0.4, -0.2) is 27.4 Å². The largest absolute Gasteiger partial charge is 0.480 e. The molecule has 1 heterocycles. The van der Waals surface area contributed by atoms with E-state index < -0.39 is 22.3 Å². The predicted octanol–water partition coefficient (Wildman–Crippen LogP) is 1.00. The summed E-state index contributed by atoms with van der Waals surface area (Å²) in [6, 6.07) is 2.54. The molecular weight excluding hydrogens is 248 g/mol. The Morgan fingerprint density at radius 1 is 1.47 bits per heavy atom. The van der Waals surface area contributed by atoms with E-state index in [-0.39, 0.29) is 9.88 Å². The molecule has 1 saturated carbocycles. The van der Waals surface area contributed by atoms with Crippen LogP contribution >= 0.6 is 11.3 Å². The van der Waals surface area contributed by atoms with E-state index in [0.29, 0.717) is 12.8 Å². The quantitative estimate of drug-likeness (QED) is 0.617. The van der Waals surface area contributed by atoms with Crippen LogP contribution in [0.15, 0.2) is 12.1 Å². The number of rotatable bonds is 4. The standard InChI is InChI=1S/C9H8N2O5S/c12-7(10-9(3-4-9)8(13)14)5-1-2-6(17-5)11(15)16/h1-2H,3-4H2,(H,10,12)(H,13,14). The van der Waals surface area contributed by atoms with Crippen molar-refractivity contribution < 1.29 is 19.6 Å². The molecule has 0 aromatic carbocycles. The third-order valence-corrected chi connectivity index (χ3v) is 3.54. The first-order valence-corrected chi connectivity index (χ1v) is 5.56. The van der Waals surface area contributed by atoms with Crippen molar-refractivity contribution in [3.05, 3.63) is 27.1 Å². The second kappa shape index (κ2) is 3.81. The van der Waals surface area contributed by atoms with Gasteiger partial charge in [-0.3, -0.25) is 14.9 Å². The summed E-state index contributed by atoms with van der Waals surface area (Å²) in [6.45, 7) is 0. The molecule has 0 saturated heterocycles. The normalized spacial score (nSPS) is 16.2. The molecule has 1 fully saturated rings. The summed E-state index contributed by atoms with van der Waals surface area (Å²) in [4.78, 5) is 32.5. The molecule has 7 nitrogen and oxygen atoms in total. The molecular formula is C9H8N2O5S. The summed E-state index contributed by atoms with van der Waals surface area (Å²) in [6.07, 6.45) is 0.781. The van der Waals surface area contributed by atoms with E-state index in [2.05, 4.69) is 5.32 Å². The van der Waals surface area contributed by atoms with Gasteiger partial charge in [0.25, 0.3) is 5.91 Å².